The number of carboxylic acids is 1. The molecular formula is C11H13NO4S. The lowest BCUT2D eigenvalue weighted by molar-refractivity contribution is -0.146. The maximum absolute atomic E-state index is 11.7. The van der Waals surface area contributed by atoms with Gasteiger partial charge in [0.25, 0.3) is 5.91 Å². The summed E-state index contributed by atoms with van der Waals surface area (Å²) in [6, 6.07) is 6.98. The predicted octanol–water partition coefficient (Wildman–Crippen LogP) is 0.584. The summed E-state index contributed by atoms with van der Waals surface area (Å²) in [4.78, 5) is 22.9. The normalized spacial score (nSPS) is 11.9. The molecule has 1 amide bonds. The smallest absolute Gasteiger partial charge is 0.334 e. The van der Waals surface area contributed by atoms with Gasteiger partial charge in [0.2, 0.25) is 0 Å². The summed E-state index contributed by atoms with van der Waals surface area (Å²) >= 11 is 1.42. The van der Waals surface area contributed by atoms with Crippen molar-refractivity contribution in [3.05, 3.63) is 29.8 Å². The van der Waals surface area contributed by atoms with E-state index in [1.807, 2.05) is 12.3 Å². The highest BCUT2D eigenvalue weighted by atomic mass is 32.2. The molecule has 1 aromatic rings. The number of carboxylic acid groups (broad SMARTS) is 1. The topological polar surface area (TPSA) is 86.6 Å². The van der Waals surface area contributed by atoms with Crippen molar-refractivity contribution in [3.8, 4) is 0 Å². The number of aliphatic hydroxyl groups is 1. The number of aliphatic hydroxyl groups excluding tert-OH is 1. The van der Waals surface area contributed by atoms with Gasteiger partial charge in [0.1, 0.15) is 0 Å². The number of aliphatic carboxylic acids is 1. The number of hydrogen-bond acceptors (Lipinski definition) is 4. The number of thioether (sulfide) groups is 1. The van der Waals surface area contributed by atoms with Crippen LogP contribution in [-0.2, 0) is 4.79 Å². The lowest BCUT2D eigenvalue weighted by atomic mass is 10.2. The first-order chi connectivity index (χ1) is 8.06. The van der Waals surface area contributed by atoms with Gasteiger partial charge in [0.05, 0.1) is 12.1 Å². The zero-order valence-electron chi connectivity index (χ0n) is 9.21. The van der Waals surface area contributed by atoms with Crippen molar-refractivity contribution in [1.29, 1.82) is 0 Å². The number of carbonyl (C=O) groups excluding carboxylic acids is 1. The Morgan fingerprint density at radius 3 is 2.65 bits per heavy atom. The van der Waals surface area contributed by atoms with Crippen molar-refractivity contribution in [1.82, 2.24) is 5.32 Å². The van der Waals surface area contributed by atoms with Crippen molar-refractivity contribution < 1.29 is 19.8 Å². The molecule has 1 atom stereocenters. The van der Waals surface area contributed by atoms with Gasteiger partial charge >= 0.3 is 5.97 Å². The molecule has 3 N–H and O–H groups in total. The van der Waals surface area contributed by atoms with Gasteiger partial charge in [-0.1, -0.05) is 12.1 Å². The molecule has 17 heavy (non-hydrogen) atoms. The van der Waals surface area contributed by atoms with Crippen LogP contribution in [-0.4, -0.2) is 41.0 Å². The molecule has 0 aliphatic carbocycles. The maximum Gasteiger partial charge on any atom is 0.334 e. The second-order valence-electron chi connectivity index (χ2n) is 3.26. The van der Waals surface area contributed by atoms with Gasteiger partial charge in [0.15, 0.2) is 6.10 Å². The highest BCUT2D eigenvalue weighted by molar-refractivity contribution is 7.98. The average molecular weight is 255 g/mol. The van der Waals surface area contributed by atoms with Crippen LogP contribution in [0.15, 0.2) is 29.2 Å². The lowest BCUT2D eigenvalue weighted by Crippen LogP contribution is -2.36. The van der Waals surface area contributed by atoms with Crippen LogP contribution in [0.2, 0.25) is 0 Å². The zero-order chi connectivity index (χ0) is 12.8. The van der Waals surface area contributed by atoms with Crippen molar-refractivity contribution in [2.75, 3.05) is 12.8 Å². The van der Waals surface area contributed by atoms with E-state index in [1.54, 1.807) is 18.2 Å². The highest BCUT2D eigenvalue weighted by Crippen LogP contribution is 2.19. The van der Waals surface area contributed by atoms with E-state index in [-0.39, 0.29) is 6.54 Å². The third-order valence-electron chi connectivity index (χ3n) is 2.09. The van der Waals surface area contributed by atoms with Crippen molar-refractivity contribution >= 4 is 23.6 Å². The molecule has 0 saturated carbocycles. The van der Waals surface area contributed by atoms with Crippen LogP contribution in [0.25, 0.3) is 0 Å². The molecule has 0 heterocycles. The SMILES string of the molecule is CSc1ccccc1C(=O)NCC(O)C(=O)O. The number of nitrogens with one attached hydrogen (secondary N) is 1. The summed E-state index contributed by atoms with van der Waals surface area (Å²) in [6.45, 7) is -0.309. The Morgan fingerprint density at radius 1 is 1.41 bits per heavy atom. The van der Waals surface area contributed by atoms with Gasteiger partial charge in [-0.15, -0.1) is 11.8 Å². The average Bonchev–Trinajstić information content (AvgIpc) is 2.35. The highest BCUT2D eigenvalue weighted by Gasteiger charge is 2.16. The summed E-state index contributed by atoms with van der Waals surface area (Å²) < 4.78 is 0. The molecule has 0 spiro atoms. The third kappa shape index (κ3) is 3.76. The molecule has 0 fully saturated rings. The first kappa shape index (κ1) is 13.5. The van der Waals surface area contributed by atoms with Crippen LogP contribution in [0.4, 0.5) is 0 Å². The first-order valence-corrected chi connectivity index (χ1v) is 6.10. The molecule has 0 bridgehead atoms. The van der Waals surface area contributed by atoms with E-state index in [0.29, 0.717) is 5.56 Å². The first-order valence-electron chi connectivity index (χ1n) is 4.88. The number of rotatable bonds is 5. The monoisotopic (exact) mass is 255 g/mol. The number of hydrogen-bond donors (Lipinski definition) is 3. The van der Waals surface area contributed by atoms with Crippen LogP contribution < -0.4 is 5.32 Å². The fourth-order valence-corrected chi connectivity index (χ4v) is 1.80. The van der Waals surface area contributed by atoms with Gasteiger partial charge in [-0.05, 0) is 18.4 Å². The molecule has 1 rings (SSSR count). The summed E-state index contributed by atoms with van der Waals surface area (Å²) in [6.07, 6.45) is 0.262. The Morgan fingerprint density at radius 2 is 2.06 bits per heavy atom. The second kappa shape index (κ2) is 6.27. The zero-order valence-corrected chi connectivity index (χ0v) is 10.0. The molecule has 0 saturated heterocycles. The molecule has 0 aromatic heterocycles. The summed E-state index contributed by atoms with van der Waals surface area (Å²) in [5, 5.41) is 19.9. The Labute approximate surface area is 103 Å². The minimum absolute atomic E-state index is 0.309. The van der Waals surface area contributed by atoms with Crippen LogP contribution in [0.3, 0.4) is 0 Å². The molecule has 1 unspecified atom stereocenters. The van der Waals surface area contributed by atoms with Crippen molar-refractivity contribution in [3.63, 3.8) is 0 Å². The summed E-state index contributed by atoms with van der Waals surface area (Å²) in [5.41, 5.74) is 0.470. The summed E-state index contributed by atoms with van der Waals surface area (Å²) in [7, 11) is 0. The van der Waals surface area contributed by atoms with Gasteiger partial charge < -0.3 is 15.5 Å². The largest absolute Gasteiger partial charge is 0.479 e. The van der Waals surface area contributed by atoms with Crippen molar-refractivity contribution in [2.45, 2.75) is 11.0 Å². The molecular weight excluding hydrogens is 242 g/mol. The van der Waals surface area contributed by atoms with E-state index in [2.05, 4.69) is 5.32 Å². The van der Waals surface area contributed by atoms with Crippen LogP contribution in [0.5, 0.6) is 0 Å². The summed E-state index contributed by atoms with van der Waals surface area (Å²) in [5.74, 6) is -1.75. The Balaban J connectivity index is 2.67. The van der Waals surface area contributed by atoms with E-state index < -0.39 is 18.0 Å². The molecule has 1 aromatic carbocycles. The van der Waals surface area contributed by atoms with Crippen LogP contribution in [0.1, 0.15) is 10.4 Å². The van der Waals surface area contributed by atoms with E-state index >= 15 is 0 Å². The minimum Gasteiger partial charge on any atom is -0.479 e. The van der Waals surface area contributed by atoms with Crippen LogP contribution >= 0.6 is 11.8 Å². The molecule has 6 heteroatoms. The molecule has 0 radical (unpaired) electrons. The number of amides is 1. The van der Waals surface area contributed by atoms with E-state index in [4.69, 9.17) is 10.2 Å². The fourth-order valence-electron chi connectivity index (χ4n) is 1.20. The van der Waals surface area contributed by atoms with Gasteiger partial charge in [-0.3, -0.25) is 4.79 Å². The Bertz CT molecular complexity index is 422. The lowest BCUT2D eigenvalue weighted by Gasteiger charge is -2.09. The standard InChI is InChI=1S/C11H13NO4S/c1-17-9-5-3-2-4-7(9)10(14)12-6-8(13)11(15)16/h2-5,8,13H,6H2,1H3,(H,12,14)(H,15,16). The predicted molar refractivity (Wildman–Crippen MR) is 64.2 cm³/mol. The molecule has 92 valence electrons. The molecule has 0 aliphatic heterocycles. The Kier molecular flexibility index (Phi) is 4.99. The third-order valence-corrected chi connectivity index (χ3v) is 2.89. The van der Waals surface area contributed by atoms with Gasteiger partial charge in [0, 0.05) is 4.90 Å². The van der Waals surface area contributed by atoms with Gasteiger partial charge in [-0.2, -0.15) is 0 Å². The van der Waals surface area contributed by atoms with E-state index in [0.717, 1.165) is 4.90 Å². The van der Waals surface area contributed by atoms with Crippen molar-refractivity contribution in [2.24, 2.45) is 0 Å². The minimum atomic E-state index is -1.58. The fraction of sp³-hybridized carbons (Fsp3) is 0.273. The molecule has 0 aliphatic rings. The van der Waals surface area contributed by atoms with E-state index in [9.17, 15) is 9.59 Å². The molecule has 5 nitrogen and oxygen atoms in total. The van der Waals surface area contributed by atoms with Crippen LogP contribution in [0, 0.1) is 0 Å². The number of benzene rings is 1. The van der Waals surface area contributed by atoms with E-state index in [1.165, 1.54) is 11.8 Å². The maximum atomic E-state index is 11.7. The quantitative estimate of drug-likeness (QED) is 0.670. The number of carbonyl (C=O) groups is 2. The van der Waals surface area contributed by atoms with Gasteiger partial charge in [-0.25, -0.2) is 4.79 Å². The second-order valence-corrected chi connectivity index (χ2v) is 4.11. The Hall–Kier alpha value is -1.53.